The number of anilines is 1. The molecule has 0 saturated heterocycles. The van der Waals surface area contributed by atoms with Gasteiger partial charge < -0.3 is 15.7 Å². The Labute approximate surface area is 102 Å². The number of hydrogen-bond donors (Lipinski definition) is 2. The minimum atomic E-state index is -0.463. The van der Waals surface area contributed by atoms with Crippen molar-refractivity contribution in [3.05, 3.63) is 29.8 Å². The Morgan fingerprint density at radius 2 is 2.25 bits per heavy atom. The van der Waals surface area contributed by atoms with Crippen molar-refractivity contribution in [1.29, 1.82) is 0 Å². The quantitative estimate of drug-likeness (QED) is 0.742. The first kappa shape index (κ1) is 13.4. The van der Waals surface area contributed by atoms with Crippen molar-refractivity contribution in [1.82, 2.24) is 4.90 Å². The van der Waals surface area contributed by atoms with Crippen molar-refractivity contribution in [2.45, 2.75) is 6.10 Å². The molecule has 1 aromatic carbocycles. The number of likely N-dealkylation sites (N-methyl/N-ethyl adjacent to an activating group) is 1. The molecule has 1 unspecified atom stereocenters. The molecule has 4 heteroatoms. The first-order chi connectivity index (χ1) is 7.63. The minimum Gasteiger partial charge on any atom is -0.399 e. The molecule has 0 bridgehead atoms. The molecule has 90 valence electrons. The van der Waals surface area contributed by atoms with Gasteiger partial charge in [-0.2, -0.15) is 11.8 Å². The van der Waals surface area contributed by atoms with Gasteiger partial charge in [-0.15, -0.1) is 0 Å². The summed E-state index contributed by atoms with van der Waals surface area (Å²) in [5, 5.41) is 10.0. The fourth-order valence-corrected chi connectivity index (χ4v) is 2.00. The molecule has 0 heterocycles. The Morgan fingerprint density at radius 3 is 2.88 bits per heavy atom. The zero-order valence-electron chi connectivity index (χ0n) is 9.89. The van der Waals surface area contributed by atoms with E-state index in [9.17, 15) is 5.11 Å². The lowest BCUT2D eigenvalue weighted by atomic mass is 10.1. The Kier molecular flexibility index (Phi) is 5.66. The summed E-state index contributed by atoms with van der Waals surface area (Å²) in [6.07, 6.45) is 1.62. The third kappa shape index (κ3) is 4.43. The summed E-state index contributed by atoms with van der Waals surface area (Å²) in [6.45, 7) is 1.63. The summed E-state index contributed by atoms with van der Waals surface area (Å²) >= 11 is 1.81. The fourth-order valence-electron chi connectivity index (χ4n) is 1.51. The number of thioether (sulfide) groups is 1. The van der Waals surface area contributed by atoms with Crippen LogP contribution in [0, 0.1) is 0 Å². The van der Waals surface area contributed by atoms with Crippen LogP contribution in [0.25, 0.3) is 0 Å². The number of hydrogen-bond acceptors (Lipinski definition) is 4. The molecule has 3 nitrogen and oxygen atoms in total. The van der Waals surface area contributed by atoms with Crippen molar-refractivity contribution in [2.75, 3.05) is 37.9 Å². The van der Waals surface area contributed by atoms with Gasteiger partial charge in [0.05, 0.1) is 6.10 Å². The molecule has 0 amide bonds. The third-order valence-corrected chi connectivity index (χ3v) is 3.05. The average Bonchev–Trinajstić information content (AvgIpc) is 2.26. The predicted octanol–water partition coefficient (Wildman–Crippen LogP) is 1.60. The largest absolute Gasteiger partial charge is 0.399 e. The van der Waals surface area contributed by atoms with Crippen molar-refractivity contribution in [3.8, 4) is 0 Å². The van der Waals surface area contributed by atoms with Gasteiger partial charge in [0.1, 0.15) is 0 Å². The fraction of sp³-hybridized carbons (Fsp3) is 0.500. The van der Waals surface area contributed by atoms with E-state index in [0.717, 1.165) is 17.9 Å². The number of benzene rings is 1. The van der Waals surface area contributed by atoms with Crippen LogP contribution in [-0.4, -0.2) is 42.2 Å². The number of aliphatic hydroxyl groups is 1. The average molecular weight is 240 g/mol. The topological polar surface area (TPSA) is 49.5 Å². The van der Waals surface area contributed by atoms with Gasteiger partial charge in [-0.05, 0) is 31.0 Å². The van der Waals surface area contributed by atoms with E-state index in [2.05, 4.69) is 11.2 Å². The summed E-state index contributed by atoms with van der Waals surface area (Å²) in [5.41, 5.74) is 7.26. The lowest BCUT2D eigenvalue weighted by Gasteiger charge is -2.20. The van der Waals surface area contributed by atoms with Gasteiger partial charge in [-0.25, -0.2) is 0 Å². The molecule has 0 saturated carbocycles. The first-order valence-electron chi connectivity index (χ1n) is 5.34. The Hall–Kier alpha value is -0.710. The molecule has 1 atom stereocenters. The van der Waals surface area contributed by atoms with E-state index >= 15 is 0 Å². The van der Waals surface area contributed by atoms with Crippen molar-refractivity contribution >= 4 is 17.4 Å². The Morgan fingerprint density at radius 1 is 1.50 bits per heavy atom. The van der Waals surface area contributed by atoms with Crippen molar-refractivity contribution in [2.24, 2.45) is 0 Å². The highest BCUT2D eigenvalue weighted by molar-refractivity contribution is 7.98. The highest BCUT2D eigenvalue weighted by Crippen LogP contribution is 2.16. The van der Waals surface area contributed by atoms with Gasteiger partial charge in [0, 0.05) is 24.5 Å². The normalized spacial score (nSPS) is 13.0. The zero-order valence-corrected chi connectivity index (χ0v) is 10.7. The van der Waals surface area contributed by atoms with Crippen LogP contribution in [0.5, 0.6) is 0 Å². The van der Waals surface area contributed by atoms with E-state index in [1.807, 2.05) is 43.1 Å². The van der Waals surface area contributed by atoms with E-state index in [-0.39, 0.29) is 0 Å². The van der Waals surface area contributed by atoms with E-state index in [4.69, 9.17) is 5.73 Å². The molecule has 0 radical (unpaired) electrons. The Bertz CT molecular complexity index is 320. The second-order valence-corrected chi connectivity index (χ2v) is 4.93. The summed E-state index contributed by atoms with van der Waals surface area (Å²) < 4.78 is 0. The zero-order chi connectivity index (χ0) is 12.0. The smallest absolute Gasteiger partial charge is 0.0917 e. The second kappa shape index (κ2) is 6.78. The van der Waals surface area contributed by atoms with Gasteiger partial charge >= 0.3 is 0 Å². The molecule has 3 N–H and O–H groups in total. The number of nitrogen functional groups attached to an aromatic ring is 1. The van der Waals surface area contributed by atoms with Crippen LogP contribution in [0.4, 0.5) is 5.69 Å². The maximum Gasteiger partial charge on any atom is 0.0917 e. The second-order valence-electron chi connectivity index (χ2n) is 3.94. The molecule has 16 heavy (non-hydrogen) atoms. The van der Waals surface area contributed by atoms with Crippen LogP contribution in [-0.2, 0) is 0 Å². The first-order valence-corrected chi connectivity index (χ1v) is 6.74. The van der Waals surface area contributed by atoms with E-state index in [0.29, 0.717) is 12.2 Å². The number of nitrogens with two attached hydrogens (primary N) is 1. The van der Waals surface area contributed by atoms with Crippen LogP contribution in [0.3, 0.4) is 0 Å². The summed E-state index contributed by atoms with van der Waals surface area (Å²) in [5.74, 6) is 1.08. The van der Waals surface area contributed by atoms with Gasteiger partial charge in [-0.1, -0.05) is 12.1 Å². The summed E-state index contributed by atoms with van der Waals surface area (Å²) in [4.78, 5) is 2.13. The summed E-state index contributed by atoms with van der Waals surface area (Å²) in [7, 11) is 2.02. The number of rotatable bonds is 6. The van der Waals surface area contributed by atoms with Crippen molar-refractivity contribution in [3.63, 3.8) is 0 Å². The highest BCUT2D eigenvalue weighted by Gasteiger charge is 2.10. The highest BCUT2D eigenvalue weighted by atomic mass is 32.2. The minimum absolute atomic E-state index is 0.463. The van der Waals surface area contributed by atoms with Gasteiger partial charge in [0.2, 0.25) is 0 Å². The summed E-state index contributed by atoms with van der Waals surface area (Å²) in [6, 6.07) is 7.43. The molecule has 0 aromatic heterocycles. The lowest BCUT2D eigenvalue weighted by Crippen LogP contribution is -2.26. The maximum absolute atomic E-state index is 10.0. The standard InChI is InChI=1S/C12H20N2OS/c1-14(6-7-16-2)9-12(15)10-4-3-5-11(13)8-10/h3-5,8,12,15H,6-7,9,13H2,1-2H3. The molecule has 0 aliphatic carbocycles. The van der Waals surface area contributed by atoms with Gasteiger partial charge in [0.15, 0.2) is 0 Å². The van der Waals surface area contributed by atoms with E-state index in [1.54, 1.807) is 0 Å². The van der Waals surface area contributed by atoms with Crippen LogP contribution in [0.1, 0.15) is 11.7 Å². The predicted molar refractivity (Wildman–Crippen MR) is 71.7 cm³/mol. The van der Waals surface area contributed by atoms with Crippen LogP contribution >= 0.6 is 11.8 Å². The van der Waals surface area contributed by atoms with Crippen molar-refractivity contribution < 1.29 is 5.11 Å². The molecule has 0 spiro atoms. The number of aliphatic hydroxyl groups excluding tert-OH is 1. The maximum atomic E-state index is 10.0. The Balaban J connectivity index is 2.48. The third-order valence-electron chi connectivity index (χ3n) is 2.46. The lowest BCUT2D eigenvalue weighted by molar-refractivity contribution is 0.130. The van der Waals surface area contributed by atoms with Crippen LogP contribution < -0.4 is 5.73 Å². The van der Waals surface area contributed by atoms with Crippen LogP contribution in [0.2, 0.25) is 0 Å². The van der Waals surface area contributed by atoms with E-state index in [1.165, 1.54) is 0 Å². The SMILES string of the molecule is CSCCN(C)CC(O)c1cccc(N)c1. The molecule has 0 fully saturated rings. The molecular formula is C12H20N2OS. The molecule has 0 aliphatic rings. The molecule has 1 rings (SSSR count). The molecule has 1 aromatic rings. The van der Waals surface area contributed by atoms with Gasteiger partial charge in [-0.3, -0.25) is 0 Å². The number of nitrogens with zero attached hydrogens (tertiary/aromatic N) is 1. The van der Waals surface area contributed by atoms with Gasteiger partial charge in [0.25, 0.3) is 0 Å². The van der Waals surface area contributed by atoms with Crippen LogP contribution in [0.15, 0.2) is 24.3 Å². The molecular weight excluding hydrogens is 220 g/mol. The molecule has 0 aliphatic heterocycles. The monoisotopic (exact) mass is 240 g/mol. The van der Waals surface area contributed by atoms with E-state index < -0.39 is 6.10 Å².